The molecule has 1 aromatic heterocycles. The predicted octanol–water partition coefficient (Wildman–Crippen LogP) is 4.35. The minimum atomic E-state index is -0.284. The summed E-state index contributed by atoms with van der Waals surface area (Å²) in [5, 5.41) is 6.08. The second-order valence-corrected chi connectivity index (χ2v) is 6.85. The zero-order valence-electron chi connectivity index (χ0n) is 16.4. The number of ether oxygens (including phenoxy) is 2. The number of carbonyl (C=O) groups excluding carboxylic acids is 1. The third-order valence-electron chi connectivity index (χ3n) is 4.84. The van der Waals surface area contributed by atoms with E-state index in [0.717, 1.165) is 17.0 Å². The van der Waals surface area contributed by atoms with Gasteiger partial charge in [-0.15, -0.1) is 0 Å². The van der Waals surface area contributed by atoms with Gasteiger partial charge in [-0.1, -0.05) is 29.8 Å². The maximum Gasteiger partial charge on any atom is 0.281 e. The highest BCUT2D eigenvalue weighted by Crippen LogP contribution is 2.33. The van der Waals surface area contributed by atoms with Gasteiger partial charge in [-0.3, -0.25) is 4.79 Å². The highest BCUT2D eigenvalue weighted by molar-refractivity contribution is 6.03. The first kappa shape index (κ1) is 18.8. The number of methoxy groups -OCH3 is 1. The van der Waals surface area contributed by atoms with Crippen LogP contribution in [0.1, 0.15) is 29.3 Å². The van der Waals surface area contributed by atoms with E-state index in [-0.39, 0.29) is 18.6 Å². The van der Waals surface area contributed by atoms with Crippen LogP contribution in [0.2, 0.25) is 0 Å². The van der Waals surface area contributed by atoms with Crippen LogP contribution >= 0.6 is 0 Å². The molecule has 2 heterocycles. The molecule has 0 unspecified atom stereocenters. The monoisotopic (exact) mass is 390 g/mol. The topological polar surface area (TPSA) is 64.3 Å². The fourth-order valence-corrected chi connectivity index (χ4v) is 3.25. The van der Waals surface area contributed by atoms with Crippen molar-refractivity contribution in [2.24, 2.45) is 5.10 Å². The van der Waals surface area contributed by atoms with E-state index < -0.39 is 0 Å². The van der Waals surface area contributed by atoms with Gasteiger partial charge in [0, 0.05) is 6.42 Å². The van der Waals surface area contributed by atoms with E-state index in [0.29, 0.717) is 17.9 Å². The Kier molecular flexibility index (Phi) is 5.33. The number of aryl methyl sites for hydroxylation is 1. The van der Waals surface area contributed by atoms with Crippen LogP contribution in [0.25, 0.3) is 0 Å². The van der Waals surface area contributed by atoms with E-state index in [4.69, 9.17) is 13.9 Å². The van der Waals surface area contributed by atoms with Gasteiger partial charge in [0.05, 0.1) is 19.1 Å². The van der Waals surface area contributed by atoms with Crippen molar-refractivity contribution in [3.63, 3.8) is 0 Å². The summed E-state index contributed by atoms with van der Waals surface area (Å²) >= 11 is 0. The molecule has 0 saturated heterocycles. The quantitative estimate of drug-likeness (QED) is 0.628. The third kappa shape index (κ3) is 4.16. The van der Waals surface area contributed by atoms with E-state index >= 15 is 0 Å². The second-order valence-electron chi connectivity index (χ2n) is 6.85. The molecule has 0 spiro atoms. The van der Waals surface area contributed by atoms with Gasteiger partial charge in [-0.2, -0.15) is 5.10 Å². The number of hydrogen-bond acceptors (Lipinski definition) is 5. The number of benzene rings is 2. The van der Waals surface area contributed by atoms with Gasteiger partial charge in [0.25, 0.3) is 5.91 Å². The summed E-state index contributed by atoms with van der Waals surface area (Å²) in [7, 11) is 1.60. The van der Waals surface area contributed by atoms with Gasteiger partial charge in [0.15, 0.2) is 6.61 Å². The van der Waals surface area contributed by atoms with Gasteiger partial charge in [-0.25, -0.2) is 5.01 Å². The van der Waals surface area contributed by atoms with Gasteiger partial charge < -0.3 is 13.9 Å². The summed E-state index contributed by atoms with van der Waals surface area (Å²) in [6.45, 7) is 1.92. The summed E-state index contributed by atoms with van der Waals surface area (Å²) in [5.74, 6) is 1.79. The van der Waals surface area contributed by atoms with Gasteiger partial charge in [0.2, 0.25) is 0 Å². The Balaban J connectivity index is 1.52. The minimum absolute atomic E-state index is 0.117. The van der Waals surface area contributed by atoms with Crippen molar-refractivity contribution in [1.82, 2.24) is 5.01 Å². The summed E-state index contributed by atoms with van der Waals surface area (Å²) in [5.41, 5.74) is 3.03. The Morgan fingerprint density at radius 1 is 1.10 bits per heavy atom. The fraction of sp³-hybridized carbons (Fsp3) is 0.217. The fourth-order valence-electron chi connectivity index (χ4n) is 3.25. The molecule has 4 rings (SSSR count). The number of furan rings is 1. The first-order valence-corrected chi connectivity index (χ1v) is 9.41. The summed E-state index contributed by atoms with van der Waals surface area (Å²) in [6, 6.07) is 18.6. The zero-order chi connectivity index (χ0) is 20.2. The van der Waals surface area contributed by atoms with Gasteiger partial charge >= 0.3 is 0 Å². The molecule has 0 bridgehead atoms. The van der Waals surface area contributed by atoms with Crippen molar-refractivity contribution in [3.05, 3.63) is 83.8 Å². The number of amides is 1. The Bertz CT molecular complexity index is 992. The Labute approximate surface area is 169 Å². The SMILES string of the molecule is COc1ccc(OCC(=O)N2N=C(c3ccc(C)cc3)C[C@@H]2c2ccco2)cc1. The van der Waals surface area contributed by atoms with Crippen LogP contribution in [0.3, 0.4) is 0 Å². The van der Waals surface area contributed by atoms with Gasteiger partial charge in [0.1, 0.15) is 23.3 Å². The van der Waals surface area contributed by atoms with Crippen LogP contribution in [-0.2, 0) is 4.79 Å². The number of hydrogen-bond donors (Lipinski definition) is 0. The van der Waals surface area contributed by atoms with Crippen LogP contribution in [0, 0.1) is 6.92 Å². The average molecular weight is 390 g/mol. The van der Waals surface area contributed by atoms with Crippen molar-refractivity contribution >= 4 is 11.6 Å². The number of nitrogens with zero attached hydrogens (tertiary/aromatic N) is 2. The lowest BCUT2D eigenvalue weighted by Crippen LogP contribution is -2.31. The van der Waals surface area contributed by atoms with Crippen molar-refractivity contribution in [1.29, 1.82) is 0 Å². The van der Waals surface area contributed by atoms with E-state index in [9.17, 15) is 4.79 Å². The molecule has 1 aliphatic rings. The molecule has 2 aromatic carbocycles. The molecule has 0 saturated carbocycles. The third-order valence-corrected chi connectivity index (χ3v) is 4.84. The first-order chi connectivity index (χ1) is 14.1. The molecule has 0 N–H and O–H groups in total. The number of rotatable bonds is 6. The van der Waals surface area contributed by atoms with Crippen molar-refractivity contribution < 1.29 is 18.7 Å². The Hall–Kier alpha value is -3.54. The van der Waals surface area contributed by atoms with Crippen LogP contribution in [0.4, 0.5) is 0 Å². The first-order valence-electron chi connectivity index (χ1n) is 9.41. The molecule has 1 amide bonds. The normalized spacial score (nSPS) is 15.9. The van der Waals surface area contributed by atoms with Crippen LogP contribution in [0.15, 0.2) is 76.4 Å². The maximum absolute atomic E-state index is 12.9. The minimum Gasteiger partial charge on any atom is -0.497 e. The molecular weight excluding hydrogens is 368 g/mol. The van der Waals surface area contributed by atoms with E-state index in [1.165, 1.54) is 10.6 Å². The van der Waals surface area contributed by atoms with Crippen molar-refractivity contribution in [2.75, 3.05) is 13.7 Å². The molecule has 0 radical (unpaired) electrons. The van der Waals surface area contributed by atoms with E-state index in [1.807, 2.05) is 43.3 Å². The van der Waals surface area contributed by atoms with Crippen LogP contribution in [0.5, 0.6) is 11.5 Å². The molecule has 29 heavy (non-hydrogen) atoms. The van der Waals surface area contributed by atoms with E-state index in [1.54, 1.807) is 37.6 Å². The van der Waals surface area contributed by atoms with Crippen molar-refractivity contribution in [2.45, 2.75) is 19.4 Å². The molecule has 3 aromatic rings. The Morgan fingerprint density at radius 2 is 1.83 bits per heavy atom. The predicted molar refractivity (Wildman–Crippen MR) is 109 cm³/mol. The molecule has 1 aliphatic heterocycles. The highest BCUT2D eigenvalue weighted by Gasteiger charge is 2.35. The highest BCUT2D eigenvalue weighted by atomic mass is 16.5. The lowest BCUT2D eigenvalue weighted by Gasteiger charge is -2.20. The van der Waals surface area contributed by atoms with Gasteiger partial charge in [-0.05, 0) is 48.9 Å². The zero-order valence-corrected chi connectivity index (χ0v) is 16.4. The second kappa shape index (κ2) is 8.22. The average Bonchev–Trinajstić information content (AvgIpc) is 3.43. The summed E-state index contributed by atoms with van der Waals surface area (Å²) in [6.07, 6.45) is 2.20. The summed E-state index contributed by atoms with van der Waals surface area (Å²) in [4.78, 5) is 12.9. The van der Waals surface area contributed by atoms with E-state index in [2.05, 4.69) is 5.10 Å². The van der Waals surface area contributed by atoms with Crippen LogP contribution < -0.4 is 9.47 Å². The summed E-state index contributed by atoms with van der Waals surface area (Å²) < 4.78 is 16.4. The van der Waals surface area contributed by atoms with Crippen molar-refractivity contribution in [3.8, 4) is 11.5 Å². The molecular formula is C23H22N2O4. The molecule has 0 fully saturated rings. The molecule has 6 heteroatoms. The largest absolute Gasteiger partial charge is 0.497 e. The molecule has 0 aliphatic carbocycles. The van der Waals surface area contributed by atoms with Crippen LogP contribution in [-0.4, -0.2) is 30.3 Å². The lowest BCUT2D eigenvalue weighted by atomic mass is 10.0. The Morgan fingerprint density at radius 3 is 2.48 bits per heavy atom. The molecule has 6 nitrogen and oxygen atoms in total. The lowest BCUT2D eigenvalue weighted by molar-refractivity contribution is -0.135. The number of carbonyl (C=O) groups is 1. The number of hydrazone groups is 1. The molecule has 1 atom stereocenters. The smallest absolute Gasteiger partial charge is 0.281 e. The standard InChI is InChI=1S/C23H22N2O4/c1-16-5-7-17(8-6-16)20-14-21(22-4-3-13-28-22)25(24-20)23(26)15-29-19-11-9-18(27-2)10-12-19/h3-13,21H,14-15H2,1-2H3/t21-/m1/s1. The molecule has 148 valence electrons. The maximum atomic E-state index is 12.9.